The SMILES string of the molecule is CCOc1ccccc1CN1CCC(C(Cc2ccccc2)N(CC)C(=O)C2CCOCC2)CC1. The van der Waals surface area contributed by atoms with Gasteiger partial charge in [-0.3, -0.25) is 9.69 Å². The second-order valence-electron chi connectivity index (χ2n) is 9.92. The summed E-state index contributed by atoms with van der Waals surface area (Å²) in [6, 6.07) is 19.4. The first-order chi connectivity index (χ1) is 17.2. The fraction of sp³-hybridized carbons (Fsp3) is 0.567. The van der Waals surface area contributed by atoms with E-state index in [2.05, 4.69) is 65.3 Å². The lowest BCUT2D eigenvalue weighted by atomic mass is 9.83. The van der Waals surface area contributed by atoms with Crippen LogP contribution in [-0.2, 0) is 22.5 Å². The number of hydrogen-bond acceptors (Lipinski definition) is 4. The molecule has 35 heavy (non-hydrogen) atoms. The summed E-state index contributed by atoms with van der Waals surface area (Å²) in [6.45, 7) is 10.1. The van der Waals surface area contributed by atoms with E-state index in [0.717, 1.165) is 64.0 Å². The van der Waals surface area contributed by atoms with E-state index >= 15 is 0 Å². The van der Waals surface area contributed by atoms with Gasteiger partial charge in [-0.15, -0.1) is 0 Å². The Kier molecular flexibility index (Phi) is 9.61. The van der Waals surface area contributed by atoms with Gasteiger partial charge in [0.05, 0.1) is 6.61 Å². The molecule has 5 heteroatoms. The summed E-state index contributed by atoms with van der Waals surface area (Å²) < 4.78 is 11.4. The largest absolute Gasteiger partial charge is 0.494 e. The molecule has 2 aromatic carbocycles. The second kappa shape index (κ2) is 13.1. The zero-order valence-corrected chi connectivity index (χ0v) is 21.5. The van der Waals surface area contributed by atoms with Crippen LogP contribution in [0, 0.1) is 11.8 Å². The Morgan fingerprint density at radius 1 is 1.00 bits per heavy atom. The van der Waals surface area contributed by atoms with Crippen LogP contribution in [0.25, 0.3) is 0 Å². The van der Waals surface area contributed by atoms with E-state index < -0.39 is 0 Å². The van der Waals surface area contributed by atoms with Gasteiger partial charge in [0, 0.05) is 43.8 Å². The third kappa shape index (κ3) is 6.86. The molecule has 1 amide bonds. The summed E-state index contributed by atoms with van der Waals surface area (Å²) in [5.74, 6) is 1.96. The molecule has 2 aliphatic rings. The Morgan fingerprint density at radius 2 is 1.69 bits per heavy atom. The van der Waals surface area contributed by atoms with Gasteiger partial charge in [0.1, 0.15) is 5.75 Å². The van der Waals surface area contributed by atoms with E-state index in [1.165, 1.54) is 11.1 Å². The minimum Gasteiger partial charge on any atom is -0.494 e. The van der Waals surface area contributed by atoms with Crippen LogP contribution in [-0.4, -0.2) is 61.2 Å². The first kappa shape index (κ1) is 25.7. The monoisotopic (exact) mass is 478 g/mol. The Balaban J connectivity index is 1.45. The number of carbonyl (C=O) groups is 1. The molecule has 2 fully saturated rings. The standard InChI is InChI=1S/C30H42N2O3/c1-3-32(30(33)26-16-20-34-21-17-26)28(22-24-10-6-5-7-11-24)25-14-18-31(19-15-25)23-27-12-8-9-13-29(27)35-4-2/h5-13,25-26,28H,3-4,14-23H2,1-2H3. The first-order valence-corrected chi connectivity index (χ1v) is 13.5. The zero-order chi connectivity index (χ0) is 24.5. The molecule has 5 nitrogen and oxygen atoms in total. The number of nitrogens with zero attached hydrogens (tertiary/aromatic N) is 2. The molecule has 2 heterocycles. The molecule has 2 aliphatic heterocycles. The van der Waals surface area contributed by atoms with Gasteiger partial charge in [-0.05, 0) is 76.6 Å². The number of hydrogen-bond donors (Lipinski definition) is 0. The van der Waals surface area contributed by atoms with Gasteiger partial charge in [-0.1, -0.05) is 48.5 Å². The molecule has 0 bridgehead atoms. The summed E-state index contributed by atoms with van der Waals surface area (Å²) >= 11 is 0. The third-order valence-electron chi connectivity index (χ3n) is 7.73. The van der Waals surface area contributed by atoms with Crippen LogP contribution in [0.4, 0.5) is 0 Å². The number of likely N-dealkylation sites (N-methyl/N-ethyl adjacent to an activating group) is 1. The van der Waals surface area contributed by atoms with Crippen LogP contribution in [0.2, 0.25) is 0 Å². The van der Waals surface area contributed by atoms with Gasteiger partial charge in [-0.25, -0.2) is 0 Å². The number of carbonyl (C=O) groups excluding carboxylic acids is 1. The fourth-order valence-corrected chi connectivity index (χ4v) is 5.79. The van der Waals surface area contributed by atoms with E-state index in [4.69, 9.17) is 9.47 Å². The molecule has 2 saturated heterocycles. The topological polar surface area (TPSA) is 42.0 Å². The smallest absolute Gasteiger partial charge is 0.226 e. The van der Waals surface area contributed by atoms with Crippen LogP contribution in [0.5, 0.6) is 5.75 Å². The quantitative estimate of drug-likeness (QED) is 0.472. The Hall–Kier alpha value is -2.37. The van der Waals surface area contributed by atoms with E-state index in [1.54, 1.807) is 0 Å². The molecule has 1 atom stereocenters. The number of rotatable bonds is 10. The molecule has 2 aromatic rings. The third-order valence-corrected chi connectivity index (χ3v) is 7.73. The van der Waals surface area contributed by atoms with Gasteiger partial charge in [0.15, 0.2) is 0 Å². The number of ether oxygens (including phenoxy) is 2. The van der Waals surface area contributed by atoms with Crippen LogP contribution >= 0.6 is 0 Å². The Labute approximate surface area is 211 Å². The molecule has 190 valence electrons. The highest BCUT2D eigenvalue weighted by atomic mass is 16.5. The number of benzene rings is 2. The fourth-order valence-electron chi connectivity index (χ4n) is 5.79. The van der Waals surface area contributed by atoms with Crippen molar-refractivity contribution < 1.29 is 14.3 Å². The average molecular weight is 479 g/mol. The van der Waals surface area contributed by atoms with Crippen molar-refractivity contribution in [1.29, 1.82) is 0 Å². The van der Waals surface area contributed by atoms with Crippen LogP contribution in [0.1, 0.15) is 50.7 Å². The van der Waals surface area contributed by atoms with Crippen molar-refractivity contribution >= 4 is 5.91 Å². The van der Waals surface area contributed by atoms with E-state index in [0.29, 0.717) is 31.6 Å². The number of likely N-dealkylation sites (tertiary alicyclic amines) is 1. The highest BCUT2D eigenvalue weighted by molar-refractivity contribution is 5.79. The first-order valence-electron chi connectivity index (χ1n) is 13.5. The van der Waals surface area contributed by atoms with E-state index in [-0.39, 0.29) is 12.0 Å². The van der Waals surface area contributed by atoms with Crippen molar-refractivity contribution in [3.05, 3.63) is 65.7 Å². The normalized spacial score (nSPS) is 18.8. The molecule has 0 radical (unpaired) electrons. The van der Waals surface area contributed by atoms with Crippen LogP contribution in [0.3, 0.4) is 0 Å². The molecule has 0 N–H and O–H groups in total. The van der Waals surface area contributed by atoms with Crippen LogP contribution in [0.15, 0.2) is 54.6 Å². The van der Waals surface area contributed by atoms with Gasteiger partial charge < -0.3 is 14.4 Å². The van der Waals surface area contributed by atoms with E-state index in [1.807, 2.05) is 13.0 Å². The number of piperidine rings is 1. The molecule has 0 aromatic heterocycles. The Bertz CT molecular complexity index is 905. The second-order valence-corrected chi connectivity index (χ2v) is 9.92. The van der Waals surface area contributed by atoms with Crippen molar-refractivity contribution in [3.8, 4) is 5.75 Å². The zero-order valence-electron chi connectivity index (χ0n) is 21.5. The van der Waals surface area contributed by atoms with Crippen molar-refractivity contribution in [2.24, 2.45) is 11.8 Å². The number of amides is 1. The van der Waals surface area contributed by atoms with Crippen molar-refractivity contribution in [2.75, 3.05) is 39.5 Å². The lowest BCUT2D eigenvalue weighted by molar-refractivity contribution is -0.142. The molecule has 4 rings (SSSR count). The predicted molar refractivity (Wildman–Crippen MR) is 140 cm³/mol. The summed E-state index contributed by atoms with van der Waals surface area (Å²) in [5.41, 5.74) is 2.59. The van der Waals surface area contributed by atoms with Crippen molar-refractivity contribution in [2.45, 2.75) is 58.5 Å². The minimum absolute atomic E-state index is 0.108. The van der Waals surface area contributed by atoms with Crippen molar-refractivity contribution in [3.63, 3.8) is 0 Å². The highest BCUT2D eigenvalue weighted by Gasteiger charge is 2.35. The molecule has 0 spiro atoms. The molecule has 0 aliphatic carbocycles. The van der Waals surface area contributed by atoms with Gasteiger partial charge >= 0.3 is 0 Å². The van der Waals surface area contributed by atoms with Crippen molar-refractivity contribution in [1.82, 2.24) is 9.80 Å². The van der Waals surface area contributed by atoms with Gasteiger partial charge in [-0.2, -0.15) is 0 Å². The summed E-state index contributed by atoms with van der Waals surface area (Å²) in [4.78, 5) is 18.4. The highest BCUT2D eigenvalue weighted by Crippen LogP contribution is 2.31. The van der Waals surface area contributed by atoms with Gasteiger partial charge in [0.25, 0.3) is 0 Å². The summed E-state index contributed by atoms with van der Waals surface area (Å²) in [7, 11) is 0. The summed E-state index contributed by atoms with van der Waals surface area (Å²) in [6.07, 6.45) is 4.87. The maximum atomic E-state index is 13.7. The van der Waals surface area contributed by atoms with E-state index in [9.17, 15) is 4.79 Å². The number of para-hydroxylation sites is 1. The summed E-state index contributed by atoms with van der Waals surface area (Å²) in [5, 5.41) is 0. The maximum absolute atomic E-state index is 13.7. The lowest BCUT2D eigenvalue weighted by Crippen LogP contribution is -2.51. The van der Waals surface area contributed by atoms with Gasteiger partial charge in [0.2, 0.25) is 5.91 Å². The maximum Gasteiger partial charge on any atom is 0.226 e. The average Bonchev–Trinajstić information content (AvgIpc) is 2.91. The molecular weight excluding hydrogens is 436 g/mol. The minimum atomic E-state index is 0.108. The molecular formula is C30H42N2O3. The molecule has 0 saturated carbocycles. The predicted octanol–water partition coefficient (Wildman–Crippen LogP) is 5.18. The lowest BCUT2D eigenvalue weighted by Gasteiger charge is -2.42. The Morgan fingerprint density at radius 3 is 2.37 bits per heavy atom. The van der Waals surface area contributed by atoms with Crippen LogP contribution < -0.4 is 4.74 Å². The molecule has 1 unspecified atom stereocenters.